The van der Waals surface area contributed by atoms with Gasteiger partial charge in [0.2, 0.25) is 0 Å². The highest BCUT2D eigenvalue weighted by Gasteiger charge is 2.30. The Morgan fingerprint density at radius 1 is 1.17 bits per heavy atom. The molecule has 0 saturated heterocycles. The quantitative estimate of drug-likeness (QED) is 0.292. The third kappa shape index (κ3) is 4.56. The lowest BCUT2D eigenvalue weighted by Gasteiger charge is -2.20. The summed E-state index contributed by atoms with van der Waals surface area (Å²) in [5, 5.41) is 4.74. The summed E-state index contributed by atoms with van der Waals surface area (Å²) < 4.78 is 5.09. The molecule has 0 spiro atoms. The smallest absolute Gasteiger partial charge is 0.341 e. The van der Waals surface area contributed by atoms with Gasteiger partial charge in [-0.05, 0) is 55.0 Å². The van der Waals surface area contributed by atoms with Crippen molar-refractivity contribution in [3.05, 3.63) is 81.2 Å². The number of pyridine rings is 1. The van der Waals surface area contributed by atoms with Crippen molar-refractivity contribution >= 4 is 50.7 Å². The first-order chi connectivity index (χ1) is 17.0. The van der Waals surface area contributed by atoms with Crippen LogP contribution in [0.5, 0.6) is 0 Å². The van der Waals surface area contributed by atoms with Crippen LogP contribution in [0, 0.1) is 5.92 Å². The Hall–Kier alpha value is -3.22. The standard InChI is InChI=1S/C28H25ClN2O3S/c1-3-16-9-11-19-24(13-16)35-27(25(19)28(33)34-2)31-26(32)21-15-23(17-7-5-4-6-8-17)30-22-12-10-18(29)14-20(21)22/h4-8,10,12,14-16H,3,9,11,13H2,1-2H3,(H,31,32)/t16-/m1/s1. The molecule has 5 rings (SSSR count). The summed E-state index contributed by atoms with van der Waals surface area (Å²) >= 11 is 7.76. The van der Waals surface area contributed by atoms with E-state index in [1.807, 2.05) is 36.4 Å². The average Bonchev–Trinajstić information content (AvgIpc) is 3.24. The molecule has 0 unspecified atom stereocenters. The maximum absolute atomic E-state index is 13.7. The van der Waals surface area contributed by atoms with E-state index in [1.54, 1.807) is 18.2 Å². The van der Waals surface area contributed by atoms with Crippen LogP contribution in [-0.4, -0.2) is 24.0 Å². The number of methoxy groups -OCH3 is 1. The number of nitrogens with zero attached hydrogens (tertiary/aromatic N) is 1. The Labute approximate surface area is 213 Å². The molecule has 1 N–H and O–H groups in total. The molecule has 4 aromatic rings. The summed E-state index contributed by atoms with van der Waals surface area (Å²) in [6.07, 6.45) is 3.86. The molecule has 0 bridgehead atoms. The molecular weight excluding hydrogens is 480 g/mol. The number of carbonyl (C=O) groups is 2. The van der Waals surface area contributed by atoms with E-state index in [-0.39, 0.29) is 5.91 Å². The Balaban J connectivity index is 1.59. The monoisotopic (exact) mass is 504 g/mol. The minimum absolute atomic E-state index is 0.312. The molecule has 0 radical (unpaired) electrons. The number of hydrogen-bond donors (Lipinski definition) is 1. The van der Waals surface area contributed by atoms with E-state index >= 15 is 0 Å². The molecule has 0 aliphatic heterocycles. The van der Waals surface area contributed by atoms with Gasteiger partial charge in [-0.2, -0.15) is 0 Å². The zero-order chi connectivity index (χ0) is 24.5. The molecule has 1 aliphatic carbocycles. The van der Waals surface area contributed by atoms with Crippen molar-refractivity contribution in [3.8, 4) is 11.3 Å². The van der Waals surface area contributed by atoms with Gasteiger partial charge in [-0.1, -0.05) is 55.3 Å². The van der Waals surface area contributed by atoms with Gasteiger partial charge < -0.3 is 10.1 Å². The number of rotatable bonds is 5. The average molecular weight is 505 g/mol. The van der Waals surface area contributed by atoms with Gasteiger partial charge in [0.25, 0.3) is 5.91 Å². The highest BCUT2D eigenvalue weighted by Crippen LogP contribution is 2.41. The van der Waals surface area contributed by atoms with Crippen LogP contribution in [0.4, 0.5) is 5.00 Å². The van der Waals surface area contributed by atoms with Crippen LogP contribution >= 0.6 is 22.9 Å². The third-order valence-electron chi connectivity index (χ3n) is 6.65. The van der Waals surface area contributed by atoms with Crippen LogP contribution in [0.15, 0.2) is 54.6 Å². The second-order valence-electron chi connectivity index (χ2n) is 8.75. The van der Waals surface area contributed by atoms with Crippen LogP contribution < -0.4 is 5.32 Å². The fourth-order valence-corrected chi connectivity index (χ4v) is 6.24. The number of anilines is 1. The van der Waals surface area contributed by atoms with Gasteiger partial charge in [0.1, 0.15) is 5.00 Å². The van der Waals surface area contributed by atoms with Crippen molar-refractivity contribution < 1.29 is 14.3 Å². The Kier molecular flexibility index (Phi) is 6.58. The molecule has 2 heterocycles. The fourth-order valence-electron chi connectivity index (χ4n) is 4.72. The third-order valence-corrected chi connectivity index (χ3v) is 8.05. The number of aromatic nitrogens is 1. The molecule has 7 heteroatoms. The second-order valence-corrected chi connectivity index (χ2v) is 10.3. The van der Waals surface area contributed by atoms with Gasteiger partial charge in [-0.25, -0.2) is 9.78 Å². The molecule has 178 valence electrons. The summed E-state index contributed by atoms with van der Waals surface area (Å²) in [5.41, 5.74) is 4.21. The van der Waals surface area contributed by atoms with Crippen molar-refractivity contribution in [2.45, 2.75) is 32.6 Å². The molecule has 2 aromatic carbocycles. The van der Waals surface area contributed by atoms with E-state index in [2.05, 4.69) is 12.2 Å². The predicted octanol–water partition coefficient (Wildman–Crippen LogP) is 7.17. The first kappa shape index (κ1) is 23.5. The summed E-state index contributed by atoms with van der Waals surface area (Å²) in [7, 11) is 1.38. The van der Waals surface area contributed by atoms with Crippen LogP contribution in [0.1, 0.15) is 50.9 Å². The molecule has 1 atom stereocenters. The first-order valence-corrected chi connectivity index (χ1v) is 12.9. The molecule has 2 aromatic heterocycles. The van der Waals surface area contributed by atoms with Crippen molar-refractivity contribution in [1.29, 1.82) is 0 Å². The van der Waals surface area contributed by atoms with Crippen molar-refractivity contribution in [2.75, 3.05) is 12.4 Å². The summed E-state index contributed by atoms with van der Waals surface area (Å²) in [4.78, 5) is 32.3. The van der Waals surface area contributed by atoms with E-state index < -0.39 is 5.97 Å². The highest BCUT2D eigenvalue weighted by atomic mass is 35.5. The normalized spacial score (nSPS) is 15.0. The minimum Gasteiger partial charge on any atom is -0.465 e. The number of nitrogens with one attached hydrogen (secondary N) is 1. The van der Waals surface area contributed by atoms with E-state index in [4.69, 9.17) is 21.3 Å². The minimum atomic E-state index is -0.416. The van der Waals surface area contributed by atoms with Gasteiger partial charge in [0, 0.05) is 20.8 Å². The number of ether oxygens (including phenoxy) is 1. The van der Waals surface area contributed by atoms with Crippen molar-refractivity contribution in [3.63, 3.8) is 0 Å². The summed E-state index contributed by atoms with van der Waals surface area (Å²) in [5.74, 6) is -0.136. The number of amides is 1. The molecule has 1 amide bonds. The van der Waals surface area contributed by atoms with Crippen LogP contribution in [-0.2, 0) is 17.6 Å². The molecule has 0 saturated carbocycles. The molecule has 1 aliphatic rings. The predicted molar refractivity (Wildman–Crippen MR) is 142 cm³/mol. The zero-order valence-corrected chi connectivity index (χ0v) is 21.1. The van der Waals surface area contributed by atoms with Gasteiger partial charge in [0.05, 0.1) is 29.4 Å². The lowest BCUT2D eigenvalue weighted by Crippen LogP contribution is -2.17. The number of esters is 1. The van der Waals surface area contributed by atoms with Gasteiger partial charge in [-0.3, -0.25) is 4.79 Å². The van der Waals surface area contributed by atoms with Crippen LogP contribution in [0.3, 0.4) is 0 Å². The maximum Gasteiger partial charge on any atom is 0.341 e. The number of carbonyl (C=O) groups excluding carboxylic acids is 2. The second kappa shape index (κ2) is 9.80. The van der Waals surface area contributed by atoms with E-state index in [1.165, 1.54) is 18.4 Å². The lowest BCUT2D eigenvalue weighted by molar-refractivity contribution is 0.0601. The number of halogens is 1. The summed E-state index contributed by atoms with van der Waals surface area (Å²) in [6.45, 7) is 2.19. The van der Waals surface area contributed by atoms with Gasteiger partial charge in [0.15, 0.2) is 0 Å². The van der Waals surface area contributed by atoms with E-state index in [0.29, 0.717) is 43.7 Å². The molecular formula is C28H25ClN2O3S. The topological polar surface area (TPSA) is 68.3 Å². The van der Waals surface area contributed by atoms with E-state index in [0.717, 1.165) is 41.7 Å². The fraction of sp³-hybridized carbons (Fsp3) is 0.250. The first-order valence-electron chi connectivity index (χ1n) is 11.7. The lowest BCUT2D eigenvalue weighted by atomic mass is 9.85. The van der Waals surface area contributed by atoms with Crippen molar-refractivity contribution in [2.24, 2.45) is 5.92 Å². The number of benzene rings is 2. The Morgan fingerprint density at radius 3 is 2.71 bits per heavy atom. The SMILES string of the molecule is CC[C@@H]1CCc2c(sc(NC(=O)c3cc(-c4ccccc4)nc4ccc(Cl)cc34)c2C(=O)OC)C1. The van der Waals surface area contributed by atoms with Crippen LogP contribution in [0.25, 0.3) is 22.2 Å². The van der Waals surface area contributed by atoms with Gasteiger partial charge >= 0.3 is 5.97 Å². The molecule has 0 fully saturated rings. The van der Waals surface area contributed by atoms with Crippen LogP contribution in [0.2, 0.25) is 5.02 Å². The number of fused-ring (bicyclic) bond motifs is 2. The molecule has 35 heavy (non-hydrogen) atoms. The van der Waals surface area contributed by atoms with E-state index in [9.17, 15) is 9.59 Å². The largest absolute Gasteiger partial charge is 0.465 e. The zero-order valence-electron chi connectivity index (χ0n) is 19.6. The maximum atomic E-state index is 13.7. The summed E-state index contributed by atoms with van der Waals surface area (Å²) in [6, 6.07) is 16.8. The van der Waals surface area contributed by atoms with Gasteiger partial charge in [-0.15, -0.1) is 11.3 Å². The highest BCUT2D eigenvalue weighted by molar-refractivity contribution is 7.17. The Bertz CT molecular complexity index is 1430. The van der Waals surface area contributed by atoms with Crippen molar-refractivity contribution in [1.82, 2.24) is 4.98 Å². The Morgan fingerprint density at radius 2 is 1.97 bits per heavy atom. The molecule has 5 nitrogen and oxygen atoms in total. The number of thiophene rings is 1. The number of hydrogen-bond acceptors (Lipinski definition) is 5.